The molecular formula is C16H27IN2O4. The summed E-state index contributed by atoms with van der Waals surface area (Å²) in [6, 6.07) is 0.132. The molecule has 0 saturated heterocycles. The third-order valence-electron chi connectivity index (χ3n) is 4.97. The third kappa shape index (κ3) is 5.12. The highest BCUT2D eigenvalue weighted by molar-refractivity contribution is 14.1. The summed E-state index contributed by atoms with van der Waals surface area (Å²) in [5.74, 6) is 0.280. The SMILES string of the molecule is CN(CC1CCCC1N(C)C(=O)OCI)C(=O)OC1CCCC1. The molecule has 2 rings (SSSR count). The number of amides is 2. The molecule has 0 spiro atoms. The van der Waals surface area contributed by atoms with E-state index in [2.05, 4.69) is 0 Å². The van der Waals surface area contributed by atoms with E-state index in [4.69, 9.17) is 9.47 Å². The highest BCUT2D eigenvalue weighted by Crippen LogP contribution is 2.30. The second-order valence-corrected chi connectivity index (χ2v) is 7.18. The van der Waals surface area contributed by atoms with Gasteiger partial charge in [0.2, 0.25) is 0 Å². The number of carbonyl (C=O) groups excluding carboxylic acids is 2. The van der Waals surface area contributed by atoms with Crippen molar-refractivity contribution in [2.45, 2.75) is 57.1 Å². The minimum absolute atomic E-state index is 0.0885. The smallest absolute Gasteiger partial charge is 0.410 e. The summed E-state index contributed by atoms with van der Waals surface area (Å²) in [5.41, 5.74) is 0. The maximum absolute atomic E-state index is 12.2. The van der Waals surface area contributed by atoms with E-state index in [-0.39, 0.29) is 30.3 Å². The molecule has 2 amide bonds. The van der Waals surface area contributed by atoms with Gasteiger partial charge in [0.1, 0.15) is 10.7 Å². The van der Waals surface area contributed by atoms with Crippen molar-refractivity contribution >= 4 is 34.8 Å². The van der Waals surface area contributed by atoms with Crippen molar-refractivity contribution in [1.82, 2.24) is 9.80 Å². The maximum atomic E-state index is 12.2. The molecule has 0 bridgehead atoms. The second-order valence-electron chi connectivity index (χ2n) is 6.56. The van der Waals surface area contributed by atoms with Crippen LogP contribution >= 0.6 is 22.6 Å². The lowest BCUT2D eigenvalue weighted by molar-refractivity contribution is 0.0626. The van der Waals surface area contributed by atoms with Crippen molar-refractivity contribution in [2.24, 2.45) is 5.92 Å². The van der Waals surface area contributed by atoms with Crippen LogP contribution in [0.4, 0.5) is 9.59 Å². The average Bonchev–Trinajstić information content (AvgIpc) is 3.18. The first-order valence-electron chi connectivity index (χ1n) is 8.40. The Kier molecular flexibility index (Phi) is 7.23. The van der Waals surface area contributed by atoms with Crippen LogP contribution in [0.15, 0.2) is 0 Å². The molecule has 6 nitrogen and oxygen atoms in total. The Morgan fingerprint density at radius 3 is 2.39 bits per heavy atom. The van der Waals surface area contributed by atoms with Crippen molar-refractivity contribution in [3.8, 4) is 0 Å². The molecule has 0 aliphatic heterocycles. The molecule has 2 atom stereocenters. The van der Waals surface area contributed by atoms with E-state index in [9.17, 15) is 9.59 Å². The summed E-state index contributed by atoms with van der Waals surface area (Å²) in [5, 5.41) is 0. The van der Waals surface area contributed by atoms with E-state index in [0.717, 1.165) is 44.9 Å². The van der Waals surface area contributed by atoms with Gasteiger partial charge in [-0.2, -0.15) is 0 Å². The van der Waals surface area contributed by atoms with Gasteiger partial charge < -0.3 is 19.3 Å². The number of ether oxygens (including phenoxy) is 2. The molecule has 0 heterocycles. The van der Waals surface area contributed by atoms with Gasteiger partial charge in [0.05, 0.1) is 0 Å². The van der Waals surface area contributed by atoms with Gasteiger partial charge in [-0.1, -0.05) is 6.42 Å². The Labute approximate surface area is 152 Å². The number of rotatable bonds is 5. The first kappa shape index (κ1) is 18.6. The molecule has 23 heavy (non-hydrogen) atoms. The first-order valence-corrected chi connectivity index (χ1v) is 9.92. The maximum Gasteiger partial charge on any atom is 0.410 e. The highest BCUT2D eigenvalue weighted by Gasteiger charge is 2.35. The largest absolute Gasteiger partial charge is 0.446 e. The molecule has 132 valence electrons. The molecule has 7 heteroatoms. The number of halogens is 1. The normalized spacial score (nSPS) is 24.5. The van der Waals surface area contributed by atoms with Gasteiger partial charge in [-0.15, -0.1) is 0 Å². The predicted molar refractivity (Wildman–Crippen MR) is 95.6 cm³/mol. The van der Waals surface area contributed by atoms with Crippen LogP contribution in [0.5, 0.6) is 0 Å². The number of carbonyl (C=O) groups is 2. The van der Waals surface area contributed by atoms with Crippen molar-refractivity contribution in [2.75, 3.05) is 25.3 Å². The topological polar surface area (TPSA) is 59.1 Å². The van der Waals surface area contributed by atoms with Gasteiger partial charge in [0.15, 0.2) is 0 Å². The van der Waals surface area contributed by atoms with Crippen LogP contribution in [-0.2, 0) is 9.47 Å². The van der Waals surface area contributed by atoms with E-state index in [1.54, 1.807) is 23.9 Å². The summed E-state index contributed by atoms with van der Waals surface area (Å²) in [4.78, 5) is 27.5. The Bertz CT molecular complexity index is 415. The zero-order chi connectivity index (χ0) is 16.8. The van der Waals surface area contributed by atoms with Crippen LogP contribution in [-0.4, -0.2) is 59.4 Å². The molecule has 0 N–H and O–H groups in total. The summed E-state index contributed by atoms with van der Waals surface area (Å²) >= 11 is 2.02. The number of alkyl halides is 1. The monoisotopic (exact) mass is 438 g/mol. The Hall–Kier alpha value is -0.730. The molecule has 0 aromatic carbocycles. The Balaban J connectivity index is 1.84. The van der Waals surface area contributed by atoms with E-state index in [0.29, 0.717) is 11.2 Å². The molecule has 0 aromatic heterocycles. The fourth-order valence-electron chi connectivity index (χ4n) is 3.69. The minimum Gasteiger partial charge on any atom is -0.446 e. The van der Waals surface area contributed by atoms with E-state index in [1.807, 2.05) is 22.6 Å². The van der Waals surface area contributed by atoms with Crippen LogP contribution in [0.2, 0.25) is 0 Å². The number of hydrogen-bond donors (Lipinski definition) is 0. The lowest BCUT2D eigenvalue weighted by atomic mass is 10.0. The minimum atomic E-state index is -0.285. The van der Waals surface area contributed by atoms with Gasteiger partial charge >= 0.3 is 12.2 Å². The van der Waals surface area contributed by atoms with Gasteiger partial charge in [-0.25, -0.2) is 9.59 Å². The number of hydrogen-bond acceptors (Lipinski definition) is 4. The lowest BCUT2D eigenvalue weighted by Gasteiger charge is -2.31. The second kappa shape index (κ2) is 8.94. The molecule has 2 unspecified atom stereocenters. The van der Waals surface area contributed by atoms with Crippen LogP contribution in [0.25, 0.3) is 0 Å². The summed E-state index contributed by atoms with van der Waals surface area (Å²) in [7, 11) is 3.57. The molecule has 2 aliphatic carbocycles. The predicted octanol–water partition coefficient (Wildman–Crippen LogP) is 3.63. The fraction of sp³-hybridized carbons (Fsp3) is 0.875. The van der Waals surface area contributed by atoms with Gasteiger partial charge in [0.25, 0.3) is 0 Å². The summed E-state index contributed by atoms with van der Waals surface area (Å²) in [6.07, 6.45) is 6.89. The zero-order valence-electron chi connectivity index (χ0n) is 14.0. The Morgan fingerprint density at radius 2 is 1.74 bits per heavy atom. The Morgan fingerprint density at radius 1 is 1.04 bits per heavy atom. The van der Waals surface area contributed by atoms with Crippen LogP contribution in [0, 0.1) is 5.92 Å². The zero-order valence-corrected chi connectivity index (χ0v) is 16.2. The van der Waals surface area contributed by atoms with Crippen molar-refractivity contribution in [3.05, 3.63) is 0 Å². The van der Waals surface area contributed by atoms with Gasteiger partial charge in [-0.3, -0.25) is 0 Å². The molecule has 2 saturated carbocycles. The molecule has 0 radical (unpaired) electrons. The molecule has 2 aliphatic rings. The van der Waals surface area contributed by atoms with Crippen molar-refractivity contribution in [1.29, 1.82) is 0 Å². The number of nitrogens with zero attached hydrogens (tertiary/aromatic N) is 2. The van der Waals surface area contributed by atoms with Crippen molar-refractivity contribution < 1.29 is 19.1 Å². The third-order valence-corrected chi connectivity index (χ3v) is 5.28. The first-order chi connectivity index (χ1) is 11.0. The summed E-state index contributed by atoms with van der Waals surface area (Å²) < 4.78 is 11.0. The lowest BCUT2D eigenvalue weighted by Crippen LogP contribution is -2.44. The molecule has 0 aromatic rings. The van der Waals surface area contributed by atoms with E-state index in [1.165, 1.54) is 0 Å². The highest BCUT2D eigenvalue weighted by atomic mass is 127. The van der Waals surface area contributed by atoms with Crippen molar-refractivity contribution in [3.63, 3.8) is 0 Å². The fourth-order valence-corrected chi connectivity index (χ4v) is 3.96. The quantitative estimate of drug-likeness (QED) is 0.486. The van der Waals surface area contributed by atoms with Gasteiger partial charge in [0, 0.05) is 26.7 Å². The van der Waals surface area contributed by atoms with Crippen LogP contribution < -0.4 is 0 Å². The van der Waals surface area contributed by atoms with Crippen LogP contribution in [0.3, 0.4) is 0 Å². The van der Waals surface area contributed by atoms with E-state index < -0.39 is 0 Å². The molecular weight excluding hydrogens is 411 g/mol. The van der Waals surface area contributed by atoms with Gasteiger partial charge in [-0.05, 0) is 67.0 Å². The standard InChI is InChI=1S/C16H27IN2O4/c1-18(15(20)23-13-7-3-4-8-13)10-12-6-5-9-14(12)19(2)16(21)22-11-17/h12-14H,3-11H2,1-2H3. The molecule has 2 fully saturated rings. The van der Waals surface area contributed by atoms with Crippen LogP contribution in [0.1, 0.15) is 44.9 Å². The average molecular weight is 438 g/mol. The summed E-state index contributed by atoms with van der Waals surface area (Å²) in [6.45, 7) is 0.623. The van der Waals surface area contributed by atoms with E-state index >= 15 is 0 Å².